The molecule has 1 fully saturated rings. The molecule has 1 saturated heterocycles. The zero-order valence-electron chi connectivity index (χ0n) is 19.9. The number of aryl methyl sites for hydroxylation is 1. The van der Waals surface area contributed by atoms with E-state index < -0.39 is 0 Å². The molecule has 0 N–H and O–H groups in total. The van der Waals surface area contributed by atoms with Crippen molar-refractivity contribution in [2.24, 2.45) is 0 Å². The Morgan fingerprint density at radius 3 is 2.42 bits per heavy atom. The van der Waals surface area contributed by atoms with Gasteiger partial charge in [0.15, 0.2) is 0 Å². The lowest BCUT2D eigenvalue weighted by Crippen LogP contribution is -2.48. The molecule has 7 nitrogen and oxygen atoms in total. The molecular formula is C28H25N5O2S. The van der Waals surface area contributed by atoms with Gasteiger partial charge in [-0.15, -0.1) is 0 Å². The molecule has 36 heavy (non-hydrogen) atoms. The molecule has 4 aromatic rings. The number of benzene rings is 3. The molecule has 2 heterocycles. The summed E-state index contributed by atoms with van der Waals surface area (Å²) in [5.41, 5.74) is 3.37. The van der Waals surface area contributed by atoms with Crippen molar-refractivity contribution in [3.05, 3.63) is 95.4 Å². The maximum atomic E-state index is 13.4. The summed E-state index contributed by atoms with van der Waals surface area (Å²) in [6.07, 6.45) is 0. The molecular weight excluding hydrogens is 470 g/mol. The van der Waals surface area contributed by atoms with Gasteiger partial charge < -0.3 is 9.42 Å². The van der Waals surface area contributed by atoms with Gasteiger partial charge in [-0.3, -0.25) is 9.69 Å². The zero-order chi connectivity index (χ0) is 24.9. The lowest BCUT2D eigenvalue weighted by atomic mass is 10.1. The van der Waals surface area contributed by atoms with Crippen LogP contribution in [0.2, 0.25) is 0 Å². The van der Waals surface area contributed by atoms with Gasteiger partial charge in [-0.25, -0.2) is 0 Å². The maximum absolute atomic E-state index is 13.4. The van der Waals surface area contributed by atoms with E-state index in [0.29, 0.717) is 42.5 Å². The SMILES string of the molecule is Cc1ccc(-c2noc(CN3CCN(C(=O)c4ccccc4Sc4ccccc4C#N)CC3)n2)cc1. The first-order valence-corrected chi connectivity index (χ1v) is 12.6. The van der Waals surface area contributed by atoms with Gasteiger partial charge in [-0.1, -0.05) is 71.0 Å². The number of hydrogen-bond donors (Lipinski definition) is 0. The summed E-state index contributed by atoms with van der Waals surface area (Å²) in [6.45, 7) is 5.28. The molecule has 0 spiro atoms. The third kappa shape index (κ3) is 5.33. The van der Waals surface area contributed by atoms with Crippen molar-refractivity contribution in [2.75, 3.05) is 26.2 Å². The van der Waals surface area contributed by atoms with Crippen LogP contribution in [0, 0.1) is 18.3 Å². The standard InChI is InChI=1S/C28H25N5O2S/c1-20-10-12-21(13-11-20)27-30-26(35-31-27)19-32-14-16-33(17-15-32)28(34)23-7-3-5-9-25(23)36-24-8-4-2-6-22(24)18-29/h2-13H,14-17,19H2,1H3. The highest BCUT2D eigenvalue weighted by Gasteiger charge is 2.25. The average Bonchev–Trinajstić information content (AvgIpc) is 3.38. The number of rotatable bonds is 6. The maximum Gasteiger partial charge on any atom is 0.255 e. The molecule has 1 amide bonds. The van der Waals surface area contributed by atoms with Crippen LogP contribution in [0.25, 0.3) is 11.4 Å². The smallest absolute Gasteiger partial charge is 0.255 e. The van der Waals surface area contributed by atoms with Crippen molar-refractivity contribution in [3.63, 3.8) is 0 Å². The van der Waals surface area contributed by atoms with E-state index in [1.165, 1.54) is 17.3 Å². The van der Waals surface area contributed by atoms with Crippen LogP contribution < -0.4 is 0 Å². The van der Waals surface area contributed by atoms with Crippen molar-refractivity contribution < 1.29 is 9.32 Å². The lowest BCUT2D eigenvalue weighted by molar-refractivity contribution is 0.0612. The predicted molar refractivity (Wildman–Crippen MR) is 137 cm³/mol. The topological polar surface area (TPSA) is 86.3 Å². The Bertz CT molecular complexity index is 1400. The van der Waals surface area contributed by atoms with Crippen LogP contribution in [0.3, 0.4) is 0 Å². The van der Waals surface area contributed by atoms with Gasteiger partial charge in [0, 0.05) is 41.5 Å². The number of piperazine rings is 1. The molecule has 0 atom stereocenters. The average molecular weight is 496 g/mol. The summed E-state index contributed by atoms with van der Waals surface area (Å²) in [7, 11) is 0. The molecule has 0 radical (unpaired) electrons. The van der Waals surface area contributed by atoms with Crippen LogP contribution in [0.5, 0.6) is 0 Å². The Morgan fingerprint density at radius 1 is 0.972 bits per heavy atom. The highest BCUT2D eigenvalue weighted by atomic mass is 32.2. The van der Waals surface area contributed by atoms with Crippen LogP contribution in [0.1, 0.15) is 27.4 Å². The number of hydrogen-bond acceptors (Lipinski definition) is 7. The van der Waals surface area contributed by atoms with Gasteiger partial charge in [-0.2, -0.15) is 10.2 Å². The Kier molecular flexibility index (Phi) is 7.12. The minimum absolute atomic E-state index is 0.00614. The highest BCUT2D eigenvalue weighted by molar-refractivity contribution is 7.99. The van der Waals surface area contributed by atoms with Crippen LogP contribution in [-0.4, -0.2) is 52.0 Å². The van der Waals surface area contributed by atoms with Crippen LogP contribution >= 0.6 is 11.8 Å². The number of carbonyl (C=O) groups excluding carboxylic acids is 1. The molecule has 1 aromatic heterocycles. The summed E-state index contributed by atoms with van der Waals surface area (Å²) < 4.78 is 5.48. The second kappa shape index (κ2) is 10.8. The molecule has 5 rings (SSSR count). The lowest BCUT2D eigenvalue weighted by Gasteiger charge is -2.34. The molecule has 1 aliphatic heterocycles. The van der Waals surface area contributed by atoms with Gasteiger partial charge in [-0.05, 0) is 31.2 Å². The fourth-order valence-corrected chi connectivity index (χ4v) is 5.13. The van der Waals surface area contributed by atoms with Crippen LogP contribution in [-0.2, 0) is 6.54 Å². The number of carbonyl (C=O) groups is 1. The molecule has 0 saturated carbocycles. The van der Waals surface area contributed by atoms with E-state index in [2.05, 4.69) is 21.1 Å². The van der Waals surface area contributed by atoms with Crippen molar-refractivity contribution in [1.29, 1.82) is 5.26 Å². The summed E-state index contributed by atoms with van der Waals surface area (Å²) in [5.74, 6) is 1.17. The van der Waals surface area contributed by atoms with E-state index in [9.17, 15) is 10.1 Å². The third-order valence-electron chi connectivity index (χ3n) is 6.14. The summed E-state index contributed by atoms with van der Waals surface area (Å²) >= 11 is 1.45. The van der Waals surface area contributed by atoms with Crippen molar-refractivity contribution >= 4 is 17.7 Å². The molecule has 180 valence electrons. The first-order chi connectivity index (χ1) is 17.6. The van der Waals surface area contributed by atoms with E-state index in [-0.39, 0.29) is 5.91 Å². The van der Waals surface area contributed by atoms with Crippen LogP contribution in [0.4, 0.5) is 0 Å². The van der Waals surface area contributed by atoms with Crippen LogP contribution in [0.15, 0.2) is 87.1 Å². The fourth-order valence-electron chi connectivity index (χ4n) is 4.11. The quantitative estimate of drug-likeness (QED) is 0.371. The molecule has 0 bridgehead atoms. The molecule has 1 aliphatic rings. The first-order valence-electron chi connectivity index (χ1n) is 11.8. The third-order valence-corrected chi connectivity index (χ3v) is 7.29. The monoisotopic (exact) mass is 495 g/mol. The number of nitrogens with zero attached hydrogens (tertiary/aromatic N) is 5. The molecule has 0 aliphatic carbocycles. The van der Waals surface area contributed by atoms with Gasteiger partial charge in [0.25, 0.3) is 5.91 Å². The molecule has 3 aromatic carbocycles. The fraction of sp³-hybridized carbons (Fsp3) is 0.214. The first kappa shape index (κ1) is 23.8. The Morgan fingerprint density at radius 2 is 1.67 bits per heavy atom. The van der Waals surface area contributed by atoms with Gasteiger partial charge in [0.2, 0.25) is 11.7 Å². The Balaban J connectivity index is 1.21. The van der Waals surface area contributed by atoms with E-state index in [1.54, 1.807) is 6.07 Å². The van der Waals surface area contributed by atoms with E-state index in [1.807, 2.05) is 78.6 Å². The summed E-state index contributed by atoms with van der Waals surface area (Å²) in [6, 6.07) is 25.3. The highest BCUT2D eigenvalue weighted by Crippen LogP contribution is 2.33. The number of amides is 1. The summed E-state index contributed by atoms with van der Waals surface area (Å²) in [4.78, 5) is 23.7. The van der Waals surface area contributed by atoms with E-state index in [0.717, 1.165) is 28.4 Å². The van der Waals surface area contributed by atoms with E-state index >= 15 is 0 Å². The number of nitriles is 1. The normalized spacial score (nSPS) is 13.9. The van der Waals surface area contributed by atoms with E-state index in [4.69, 9.17) is 4.52 Å². The zero-order valence-corrected chi connectivity index (χ0v) is 20.7. The van der Waals surface area contributed by atoms with Gasteiger partial charge >= 0.3 is 0 Å². The molecule has 8 heteroatoms. The minimum atomic E-state index is 0.00614. The minimum Gasteiger partial charge on any atom is -0.338 e. The van der Waals surface area contributed by atoms with Gasteiger partial charge in [0.05, 0.1) is 17.7 Å². The Hall–Kier alpha value is -3.93. The van der Waals surface area contributed by atoms with Crippen molar-refractivity contribution in [2.45, 2.75) is 23.3 Å². The second-order valence-electron chi connectivity index (χ2n) is 8.65. The molecule has 0 unspecified atom stereocenters. The predicted octanol–water partition coefficient (Wildman–Crippen LogP) is 5.03. The number of aromatic nitrogens is 2. The summed E-state index contributed by atoms with van der Waals surface area (Å²) in [5, 5.41) is 13.5. The van der Waals surface area contributed by atoms with Gasteiger partial charge in [0.1, 0.15) is 6.07 Å². The van der Waals surface area contributed by atoms with Crippen molar-refractivity contribution in [1.82, 2.24) is 19.9 Å². The Labute approximate surface area is 214 Å². The largest absolute Gasteiger partial charge is 0.338 e. The van der Waals surface area contributed by atoms with Crippen molar-refractivity contribution in [3.8, 4) is 17.5 Å². The second-order valence-corrected chi connectivity index (χ2v) is 9.74.